The van der Waals surface area contributed by atoms with E-state index >= 15 is 0 Å². The molecule has 0 bridgehead atoms. The maximum absolute atomic E-state index is 13.3. The van der Waals surface area contributed by atoms with E-state index in [1.165, 1.54) is 30.6 Å². The third kappa shape index (κ3) is 14.0. The molecule has 15 rings (SSSR count). The van der Waals surface area contributed by atoms with Gasteiger partial charge in [-0.05, 0) is 104 Å². The Balaban J connectivity index is 0.000000131. The summed E-state index contributed by atoms with van der Waals surface area (Å²) in [7, 11) is 0. The third-order valence-corrected chi connectivity index (χ3v) is 19.2. The molecular weight excluding hydrogens is 1180 g/mol. The van der Waals surface area contributed by atoms with Gasteiger partial charge in [0.15, 0.2) is 0 Å². The van der Waals surface area contributed by atoms with Crippen molar-refractivity contribution in [3.05, 3.63) is 179 Å². The van der Waals surface area contributed by atoms with E-state index < -0.39 is 5.91 Å². The summed E-state index contributed by atoms with van der Waals surface area (Å²) in [5.74, 6) is 5.61. The van der Waals surface area contributed by atoms with E-state index in [9.17, 15) is 19.2 Å². The fourth-order valence-electron chi connectivity index (χ4n) is 14.7. The molecule has 3 N–H and O–H groups in total. The van der Waals surface area contributed by atoms with Crippen molar-refractivity contribution in [2.75, 3.05) is 49.1 Å². The second kappa shape index (κ2) is 28.6. The van der Waals surface area contributed by atoms with Gasteiger partial charge in [-0.1, -0.05) is 116 Å². The number of fused-ring (bicyclic) bond motifs is 3. The fraction of sp³-hybridized carbons (Fsp3) is 0.409. The molecule has 0 spiro atoms. The predicted molar refractivity (Wildman–Crippen MR) is 343 cm³/mol. The average Bonchev–Trinajstić information content (AvgIpc) is 1.90. The Bertz CT molecular complexity index is 3670. The largest absolute Gasteiger partial charge is 0.364 e. The quantitative estimate of drug-likeness (QED) is 0.101. The first-order chi connectivity index (χ1) is 43.5. The van der Waals surface area contributed by atoms with Crippen LogP contribution in [-0.2, 0) is 14.4 Å². The van der Waals surface area contributed by atoms with Crippen LogP contribution in [0.25, 0.3) is 9.69 Å². The highest BCUT2D eigenvalue weighted by molar-refractivity contribution is 6.29. The van der Waals surface area contributed by atoms with Crippen molar-refractivity contribution in [3.8, 4) is 0 Å². The molecule has 6 aromatic rings. The molecule has 22 nitrogen and oxygen atoms in total. The summed E-state index contributed by atoms with van der Waals surface area (Å²) in [6.45, 7) is 19.2. The monoisotopic (exact) mass is 1250 g/mol. The molecule has 3 aromatic heterocycles. The van der Waals surface area contributed by atoms with Crippen LogP contribution in [0.15, 0.2) is 143 Å². The second-order valence-corrected chi connectivity index (χ2v) is 24.6. The number of carbonyl (C=O) groups excluding carboxylic acids is 4. The summed E-state index contributed by atoms with van der Waals surface area (Å²) in [4.78, 5) is 85.3. The van der Waals surface area contributed by atoms with Crippen molar-refractivity contribution < 1.29 is 19.2 Å². The molecule has 9 atom stereocenters. The van der Waals surface area contributed by atoms with Gasteiger partial charge in [0.05, 0.1) is 18.1 Å². The maximum atomic E-state index is 13.3. The number of hydrogen-bond acceptors (Lipinski definition) is 16. The first kappa shape index (κ1) is 62.5. The number of rotatable bonds is 9. The Labute approximate surface area is 534 Å². The molecule has 462 valence electrons. The molecule has 6 aliphatic heterocycles. The van der Waals surface area contributed by atoms with Crippen LogP contribution in [0, 0.1) is 66.4 Å². The molecule has 9 unspecified atom stereocenters. The second-order valence-electron chi connectivity index (χ2n) is 24.2. The lowest BCUT2D eigenvalue weighted by atomic mass is 10.0. The van der Waals surface area contributed by atoms with Crippen LogP contribution in [-0.4, -0.2) is 126 Å². The zero-order chi connectivity index (χ0) is 61.4. The van der Waals surface area contributed by atoms with Crippen molar-refractivity contribution in [3.63, 3.8) is 0 Å². The lowest BCUT2D eigenvalue weighted by Crippen LogP contribution is -2.33. The Morgan fingerprint density at radius 3 is 1.20 bits per heavy atom. The number of aromatic nitrogens is 6. The highest BCUT2D eigenvalue weighted by atomic mass is 35.5. The van der Waals surface area contributed by atoms with Crippen molar-refractivity contribution in [2.45, 2.75) is 75.9 Å². The predicted octanol–water partition coefficient (Wildman–Crippen LogP) is 9.74. The maximum Gasteiger partial charge on any atom is 0.274 e. The molecule has 90 heavy (non-hydrogen) atoms. The minimum absolute atomic E-state index is 0. The van der Waals surface area contributed by atoms with Gasteiger partial charge < -0.3 is 30.5 Å². The van der Waals surface area contributed by atoms with Crippen LogP contribution in [0.5, 0.6) is 0 Å². The standard InChI is InChI=1S/C22H24N6O2.C22H22N6O.C17H21N3O.C5H2ClN3.ClH/c23-21(29)18-10-20(25-13-24-18)27-11-16-8-15(9-17(16)12-27)22(30)28-19(6-7-26-28)14-4-2-1-3-5-14;1-23-20-11-21(25-14-24-20)27-12-17-9-16(10-18(17)13-27)22(29)28-19(7-8-26-28)15-5-3-2-4-6-15;21-17(13-8-14-10-18-11-15(14)9-13)20-16(6-7-19-20)12-4-2-1-3-5-12;1-7-5-2-4(6)8-3-9-5;/h1-5,7,10,13,15-17,19H,6,8-9,11-12H2,(H2,23,29);2-6,8,11,14,16-19H,7,9-10,12-13H2;1-5,7,13-16,18H,6,8-11H2;2-3H;1H. The van der Waals surface area contributed by atoms with Gasteiger partial charge >= 0.3 is 0 Å². The molecule has 4 amide bonds. The average molecular weight is 1250 g/mol. The number of amides is 4. The topological polar surface area (TPSA) is 246 Å². The summed E-state index contributed by atoms with van der Waals surface area (Å²) in [6.07, 6.45) is 17.6. The van der Waals surface area contributed by atoms with E-state index in [-0.39, 0.29) is 77.5 Å². The number of nitrogens with zero attached hydrogens (tertiary/aromatic N) is 16. The number of benzene rings is 3. The Morgan fingerprint density at radius 1 is 0.478 bits per heavy atom. The molecule has 3 saturated carbocycles. The smallest absolute Gasteiger partial charge is 0.274 e. The number of carbonyl (C=O) groups is 4. The minimum atomic E-state index is -0.553. The van der Waals surface area contributed by atoms with E-state index in [4.69, 9.17) is 30.5 Å². The Morgan fingerprint density at radius 2 is 0.833 bits per heavy atom. The van der Waals surface area contributed by atoms with Crippen LogP contribution < -0.4 is 20.9 Å². The van der Waals surface area contributed by atoms with Gasteiger partial charge in [0.1, 0.15) is 28.8 Å². The lowest BCUT2D eigenvalue weighted by molar-refractivity contribution is -0.138. The van der Waals surface area contributed by atoms with Crippen LogP contribution >= 0.6 is 24.0 Å². The van der Waals surface area contributed by atoms with Gasteiger partial charge in [0, 0.05) is 100 Å². The van der Waals surface area contributed by atoms with E-state index in [0.717, 1.165) is 120 Å². The number of primary amides is 1. The first-order valence-corrected chi connectivity index (χ1v) is 30.9. The summed E-state index contributed by atoms with van der Waals surface area (Å²) in [5, 5.41) is 22.1. The normalized spacial score (nSPS) is 27.0. The highest BCUT2D eigenvalue weighted by Gasteiger charge is 2.48. The van der Waals surface area contributed by atoms with Crippen LogP contribution in [0.1, 0.15) is 103 Å². The fourth-order valence-corrected chi connectivity index (χ4v) is 14.8. The number of nitrogens with one attached hydrogen (secondary N) is 1. The summed E-state index contributed by atoms with van der Waals surface area (Å²) < 4.78 is 0. The summed E-state index contributed by atoms with van der Waals surface area (Å²) >= 11 is 5.43. The lowest BCUT2D eigenvalue weighted by Gasteiger charge is -2.26. The molecule has 3 aromatic carbocycles. The van der Waals surface area contributed by atoms with Crippen molar-refractivity contribution in [2.24, 2.45) is 74.3 Å². The van der Waals surface area contributed by atoms with Gasteiger partial charge in [0.25, 0.3) is 17.5 Å². The van der Waals surface area contributed by atoms with Crippen LogP contribution in [0.4, 0.5) is 23.3 Å². The molecular formula is C66H70Cl2N18O4. The number of hydrazone groups is 3. The van der Waals surface area contributed by atoms with Gasteiger partial charge in [0.2, 0.25) is 30.4 Å². The van der Waals surface area contributed by atoms with Gasteiger partial charge in [-0.2, -0.15) is 20.3 Å². The van der Waals surface area contributed by atoms with Gasteiger partial charge in [-0.3, -0.25) is 19.2 Å². The zero-order valence-corrected chi connectivity index (χ0v) is 51.1. The van der Waals surface area contributed by atoms with E-state index in [2.05, 4.69) is 106 Å². The molecule has 0 radical (unpaired) electrons. The Hall–Kier alpha value is -9.09. The van der Waals surface area contributed by atoms with Crippen molar-refractivity contribution >= 4 is 89.6 Å². The first-order valence-electron chi connectivity index (χ1n) is 30.6. The number of nitrogens with two attached hydrogens (primary N) is 1. The molecule has 9 aliphatic rings. The number of halogens is 2. The molecule has 9 heterocycles. The Kier molecular flexibility index (Phi) is 19.9. The number of anilines is 2. The summed E-state index contributed by atoms with van der Waals surface area (Å²) in [6, 6.07) is 35.4. The van der Waals surface area contributed by atoms with E-state index in [0.29, 0.717) is 46.5 Å². The molecule has 24 heteroatoms. The van der Waals surface area contributed by atoms with Crippen LogP contribution in [0.2, 0.25) is 5.15 Å². The van der Waals surface area contributed by atoms with Gasteiger partial charge in [-0.25, -0.2) is 30.0 Å². The van der Waals surface area contributed by atoms with Crippen molar-refractivity contribution in [1.29, 1.82) is 0 Å². The van der Waals surface area contributed by atoms with Gasteiger partial charge in [-0.15, -0.1) is 22.4 Å². The zero-order valence-electron chi connectivity index (χ0n) is 49.5. The van der Waals surface area contributed by atoms with E-state index in [1.807, 2.05) is 73.2 Å². The van der Waals surface area contributed by atoms with Crippen molar-refractivity contribution in [1.82, 2.24) is 50.2 Å². The number of hydrogen-bond donors (Lipinski definition) is 2. The highest BCUT2D eigenvalue weighted by Crippen LogP contribution is 2.47. The van der Waals surface area contributed by atoms with E-state index in [1.54, 1.807) is 27.2 Å². The summed E-state index contributed by atoms with van der Waals surface area (Å²) in [5.41, 5.74) is 9.01. The minimum Gasteiger partial charge on any atom is -0.364 e. The molecule has 3 aliphatic carbocycles. The molecule has 3 saturated heterocycles. The third-order valence-electron chi connectivity index (χ3n) is 19.0. The molecule has 6 fully saturated rings. The van der Waals surface area contributed by atoms with Crippen LogP contribution in [0.3, 0.4) is 0 Å². The SMILES string of the molecule is Cl.NC(=O)c1cc(N2CC3CC(C(=O)N4N=CCC4c4ccccc4)CC3C2)ncn1.O=C(C1CC2CNCC2C1)N1N=CCC1c1ccccc1.[C-]#[N+]c1cc(Cl)ncn1.[C-]#[N+]c1cc(N2CC3CC(C(=O)N4N=CCC4c4ccccc4)CC3C2)ncn1.